The second-order valence-electron chi connectivity index (χ2n) is 5.47. The molecule has 0 aliphatic carbocycles. The predicted octanol–water partition coefficient (Wildman–Crippen LogP) is 1.56. The van der Waals surface area contributed by atoms with E-state index in [2.05, 4.69) is 20.2 Å². The zero-order chi connectivity index (χ0) is 17.6. The van der Waals surface area contributed by atoms with Gasteiger partial charge in [-0.15, -0.1) is 0 Å². The summed E-state index contributed by atoms with van der Waals surface area (Å²) in [7, 11) is 0. The molecular weight excluding hydrogens is 322 g/mol. The highest BCUT2D eigenvalue weighted by Crippen LogP contribution is 2.20. The summed E-state index contributed by atoms with van der Waals surface area (Å²) in [5.74, 6) is 0.694. The fourth-order valence-corrected chi connectivity index (χ4v) is 2.66. The number of hydrogen-bond acceptors (Lipinski definition) is 8. The normalized spacial score (nSPS) is 16.1. The van der Waals surface area contributed by atoms with Gasteiger partial charge in [0.05, 0.1) is 18.9 Å². The van der Waals surface area contributed by atoms with Crippen LogP contribution in [-0.2, 0) is 4.74 Å². The number of nitrogens with zero attached hydrogens (tertiary/aromatic N) is 4. The van der Waals surface area contributed by atoms with Gasteiger partial charge in [-0.3, -0.25) is 0 Å². The number of nitrogen functional groups attached to an aromatic ring is 1. The molecule has 1 aromatic heterocycles. The maximum Gasteiger partial charge on any atom is 0.160 e. The van der Waals surface area contributed by atoms with Crippen LogP contribution < -0.4 is 10.6 Å². The molecule has 0 amide bonds. The molecule has 130 valence electrons. The summed E-state index contributed by atoms with van der Waals surface area (Å²) in [4.78, 5) is 6.58. The Morgan fingerprint density at radius 3 is 2.32 bits per heavy atom. The number of hydrogen-bond donors (Lipinski definition) is 3. The van der Waals surface area contributed by atoms with Gasteiger partial charge in [-0.1, -0.05) is 40.6 Å². The van der Waals surface area contributed by atoms with Gasteiger partial charge < -0.3 is 25.8 Å². The van der Waals surface area contributed by atoms with E-state index in [4.69, 9.17) is 10.5 Å². The van der Waals surface area contributed by atoms with E-state index in [0.717, 1.165) is 0 Å². The fourth-order valence-electron chi connectivity index (χ4n) is 2.66. The molecule has 2 heterocycles. The number of ether oxygens (including phenoxy) is 1. The lowest BCUT2D eigenvalue weighted by Gasteiger charge is -2.28. The molecule has 1 aromatic carbocycles. The predicted molar refractivity (Wildman–Crippen MR) is 94.8 cm³/mol. The molecule has 3 rings (SSSR count). The Morgan fingerprint density at radius 1 is 1.00 bits per heavy atom. The zero-order valence-corrected chi connectivity index (χ0v) is 13.5. The Morgan fingerprint density at radius 2 is 1.68 bits per heavy atom. The van der Waals surface area contributed by atoms with Crippen molar-refractivity contribution in [3.05, 3.63) is 53.7 Å². The molecule has 4 N–H and O–H groups in total. The first-order chi connectivity index (χ1) is 12.2. The molecule has 0 saturated carbocycles. The van der Waals surface area contributed by atoms with Crippen LogP contribution >= 0.6 is 0 Å². The van der Waals surface area contributed by atoms with E-state index in [1.165, 1.54) is 0 Å². The Bertz CT molecular complexity index is 786. The van der Waals surface area contributed by atoms with Crippen molar-refractivity contribution in [3.63, 3.8) is 0 Å². The van der Waals surface area contributed by atoms with E-state index < -0.39 is 0 Å². The number of anilines is 2. The SMILES string of the molecule is Nc1ccc(N2CCOCC2)nc1C(=NO)C(=NO)c1ccccc1. The largest absolute Gasteiger partial charge is 0.410 e. The molecule has 0 bridgehead atoms. The second kappa shape index (κ2) is 7.63. The van der Waals surface area contributed by atoms with Crippen molar-refractivity contribution >= 4 is 22.9 Å². The Kier molecular flexibility index (Phi) is 5.10. The van der Waals surface area contributed by atoms with E-state index in [1.54, 1.807) is 36.4 Å². The molecule has 2 aromatic rings. The lowest BCUT2D eigenvalue weighted by molar-refractivity contribution is 0.122. The summed E-state index contributed by atoms with van der Waals surface area (Å²) in [5.41, 5.74) is 7.27. The molecule has 0 radical (unpaired) electrons. The lowest BCUT2D eigenvalue weighted by Crippen LogP contribution is -2.37. The van der Waals surface area contributed by atoms with Crippen molar-refractivity contribution in [2.45, 2.75) is 0 Å². The number of oxime groups is 2. The topological polar surface area (TPSA) is 117 Å². The highest BCUT2D eigenvalue weighted by molar-refractivity contribution is 6.53. The maximum absolute atomic E-state index is 9.53. The van der Waals surface area contributed by atoms with Crippen molar-refractivity contribution in [1.29, 1.82) is 0 Å². The summed E-state index contributed by atoms with van der Waals surface area (Å²) in [6.07, 6.45) is 0. The van der Waals surface area contributed by atoms with Crippen LogP contribution in [0.25, 0.3) is 0 Å². The first kappa shape index (κ1) is 16.7. The molecule has 1 aliphatic heterocycles. The van der Waals surface area contributed by atoms with Crippen molar-refractivity contribution in [3.8, 4) is 0 Å². The van der Waals surface area contributed by atoms with Gasteiger partial charge in [0.15, 0.2) is 5.71 Å². The number of nitrogens with two attached hydrogens (primary N) is 1. The van der Waals surface area contributed by atoms with Crippen molar-refractivity contribution in [2.24, 2.45) is 10.3 Å². The van der Waals surface area contributed by atoms with Gasteiger partial charge in [-0.05, 0) is 12.1 Å². The molecule has 1 aliphatic rings. The lowest BCUT2D eigenvalue weighted by atomic mass is 10.0. The first-order valence-corrected chi connectivity index (χ1v) is 7.84. The number of aromatic nitrogens is 1. The summed E-state index contributed by atoms with van der Waals surface area (Å²) in [5, 5.41) is 25.6. The Hall–Kier alpha value is -3.13. The quantitative estimate of drug-likeness (QED) is 0.441. The monoisotopic (exact) mass is 341 g/mol. The highest BCUT2D eigenvalue weighted by atomic mass is 16.5. The van der Waals surface area contributed by atoms with Gasteiger partial charge >= 0.3 is 0 Å². The maximum atomic E-state index is 9.53. The number of pyridine rings is 1. The van der Waals surface area contributed by atoms with Crippen LogP contribution in [-0.4, -0.2) is 53.1 Å². The molecule has 8 heteroatoms. The average Bonchev–Trinajstić information content (AvgIpc) is 2.68. The van der Waals surface area contributed by atoms with E-state index >= 15 is 0 Å². The van der Waals surface area contributed by atoms with Crippen LogP contribution in [0.4, 0.5) is 11.5 Å². The minimum atomic E-state index is 0.00121. The van der Waals surface area contributed by atoms with E-state index in [0.29, 0.717) is 43.4 Å². The molecule has 8 nitrogen and oxygen atoms in total. The second-order valence-corrected chi connectivity index (χ2v) is 5.47. The van der Waals surface area contributed by atoms with Crippen LogP contribution in [0, 0.1) is 0 Å². The standard InChI is InChI=1S/C17H19N5O3/c18-13-6-7-14(22-8-10-25-11-9-22)19-16(13)17(21-24)15(20-23)12-4-2-1-3-5-12/h1-7,23-24H,8-11,18H2. The van der Waals surface area contributed by atoms with Crippen LogP contribution in [0.5, 0.6) is 0 Å². The van der Waals surface area contributed by atoms with Crippen molar-refractivity contribution < 1.29 is 15.2 Å². The number of rotatable bonds is 4. The summed E-state index contributed by atoms with van der Waals surface area (Å²) in [6, 6.07) is 12.4. The van der Waals surface area contributed by atoms with Gasteiger partial charge in [0, 0.05) is 18.7 Å². The molecule has 0 atom stereocenters. The minimum Gasteiger partial charge on any atom is -0.410 e. The van der Waals surface area contributed by atoms with Gasteiger partial charge in [0.25, 0.3) is 0 Å². The molecule has 25 heavy (non-hydrogen) atoms. The Labute approximate surface area is 144 Å². The molecule has 1 fully saturated rings. The van der Waals surface area contributed by atoms with E-state index in [1.807, 2.05) is 6.07 Å². The fraction of sp³-hybridized carbons (Fsp3) is 0.235. The third kappa shape index (κ3) is 3.53. The molecular formula is C17H19N5O3. The third-order valence-electron chi connectivity index (χ3n) is 3.94. The van der Waals surface area contributed by atoms with E-state index in [9.17, 15) is 10.4 Å². The number of benzene rings is 1. The highest BCUT2D eigenvalue weighted by Gasteiger charge is 2.22. The summed E-state index contributed by atoms with van der Waals surface area (Å²) < 4.78 is 5.35. The van der Waals surface area contributed by atoms with Gasteiger partial charge in [0.2, 0.25) is 0 Å². The van der Waals surface area contributed by atoms with Crippen LogP contribution in [0.15, 0.2) is 52.8 Å². The van der Waals surface area contributed by atoms with Gasteiger partial charge in [-0.2, -0.15) is 0 Å². The van der Waals surface area contributed by atoms with Gasteiger partial charge in [0.1, 0.15) is 17.2 Å². The van der Waals surface area contributed by atoms with Crippen LogP contribution in [0.2, 0.25) is 0 Å². The average molecular weight is 341 g/mol. The third-order valence-corrected chi connectivity index (χ3v) is 3.94. The summed E-state index contributed by atoms with van der Waals surface area (Å²) in [6.45, 7) is 2.66. The van der Waals surface area contributed by atoms with Crippen molar-refractivity contribution in [2.75, 3.05) is 36.9 Å². The zero-order valence-electron chi connectivity index (χ0n) is 13.5. The van der Waals surface area contributed by atoms with Gasteiger partial charge in [-0.25, -0.2) is 4.98 Å². The Balaban J connectivity index is 2.00. The first-order valence-electron chi connectivity index (χ1n) is 7.84. The van der Waals surface area contributed by atoms with E-state index in [-0.39, 0.29) is 17.1 Å². The summed E-state index contributed by atoms with van der Waals surface area (Å²) >= 11 is 0. The molecule has 0 spiro atoms. The molecule has 1 saturated heterocycles. The smallest absolute Gasteiger partial charge is 0.160 e. The van der Waals surface area contributed by atoms with Crippen LogP contribution in [0.1, 0.15) is 11.3 Å². The molecule has 0 unspecified atom stereocenters. The van der Waals surface area contributed by atoms with Crippen LogP contribution in [0.3, 0.4) is 0 Å². The number of morpholine rings is 1. The minimum absolute atomic E-state index is 0.00121. The van der Waals surface area contributed by atoms with Crippen molar-refractivity contribution in [1.82, 2.24) is 4.98 Å².